The lowest BCUT2D eigenvalue weighted by molar-refractivity contribution is -0.0668. The maximum absolute atomic E-state index is 12.2. The normalized spacial score (nSPS) is 17.2. The standard InChI is InChI=1S/C15H21NO3/c1-11(2)8-19-13-6-4-5-12(7-13)14(17)16-9-15(3,18)10-16/h4-7,11,18H,8-10H2,1-3H3. The highest BCUT2D eigenvalue weighted by Crippen LogP contribution is 2.23. The van der Waals surface area contributed by atoms with E-state index in [4.69, 9.17) is 4.74 Å². The first-order valence-corrected chi connectivity index (χ1v) is 6.62. The number of likely N-dealkylation sites (tertiary alicyclic amines) is 1. The van der Waals surface area contributed by atoms with Gasteiger partial charge in [0.15, 0.2) is 0 Å². The fourth-order valence-corrected chi connectivity index (χ4v) is 2.08. The van der Waals surface area contributed by atoms with Gasteiger partial charge in [-0.25, -0.2) is 0 Å². The molecule has 1 aliphatic rings. The summed E-state index contributed by atoms with van der Waals surface area (Å²) in [6.45, 7) is 7.31. The van der Waals surface area contributed by atoms with Crippen molar-refractivity contribution >= 4 is 5.91 Å². The molecule has 4 nitrogen and oxygen atoms in total. The maximum atomic E-state index is 12.2. The number of benzene rings is 1. The molecule has 0 spiro atoms. The summed E-state index contributed by atoms with van der Waals surface area (Å²) in [5.41, 5.74) is -0.127. The van der Waals surface area contributed by atoms with Crippen LogP contribution in [0.5, 0.6) is 5.75 Å². The van der Waals surface area contributed by atoms with Gasteiger partial charge in [-0.1, -0.05) is 19.9 Å². The lowest BCUT2D eigenvalue weighted by Crippen LogP contribution is -2.61. The third-order valence-corrected chi connectivity index (χ3v) is 3.01. The first-order chi connectivity index (χ1) is 8.87. The second-order valence-electron chi connectivity index (χ2n) is 5.89. The summed E-state index contributed by atoms with van der Waals surface area (Å²) in [5.74, 6) is 1.11. The van der Waals surface area contributed by atoms with Crippen molar-refractivity contribution in [2.75, 3.05) is 19.7 Å². The van der Waals surface area contributed by atoms with Crippen LogP contribution >= 0.6 is 0 Å². The Bertz CT molecular complexity index is 460. The summed E-state index contributed by atoms with van der Waals surface area (Å²) in [7, 11) is 0. The summed E-state index contributed by atoms with van der Waals surface area (Å²) >= 11 is 0. The molecule has 2 rings (SSSR count). The Kier molecular flexibility index (Phi) is 3.80. The van der Waals surface area contributed by atoms with Gasteiger partial charge in [0.2, 0.25) is 0 Å². The number of β-amino-alcohol motifs (C(OH)–C–C–N with tert-alkyl or cyclic N) is 1. The van der Waals surface area contributed by atoms with Crippen LogP contribution in [-0.4, -0.2) is 41.2 Å². The van der Waals surface area contributed by atoms with Gasteiger partial charge in [0.05, 0.1) is 25.3 Å². The van der Waals surface area contributed by atoms with E-state index < -0.39 is 5.60 Å². The molecule has 0 saturated carbocycles. The topological polar surface area (TPSA) is 49.8 Å². The van der Waals surface area contributed by atoms with Crippen LogP contribution < -0.4 is 4.74 Å². The van der Waals surface area contributed by atoms with Gasteiger partial charge in [-0.05, 0) is 31.0 Å². The lowest BCUT2D eigenvalue weighted by Gasteiger charge is -2.44. The number of hydrogen-bond acceptors (Lipinski definition) is 3. The maximum Gasteiger partial charge on any atom is 0.254 e. The molecule has 1 amide bonds. The van der Waals surface area contributed by atoms with Crippen molar-refractivity contribution in [1.82, 2.24) is 4.90 Å². The molecular weight excluding hydrogens is 242 g/mol. The first kappa shape index (κ1) is 13.9. The molecule has 19 heavy (non-hydrogen) atoms. The van der Waals surface area contributed by atoms with Crippen molar-refractivity contribution in [1.29, 1.82) is 0 Å². The van der Waals surface area contributed by atoms with Crippen molar-refractivity contribution in [2.24, 2.45) is 5.92 Å². The number of hydrogen-bond donors (Lipinski definition) is 1. The Labute approximate surface area is 114 Å². The van der Waals surface area contributed by atoms with Crippen LogP contribution in [0.15, 0.2) is 24.3 Å². The fourth-order valence-electron chi connectivity index (χ4n) is 2.08. The molecule has 1 fully saturated rings. The quantitative estimate of drug-likeness (QED) is 0.903. The largest absolute Gasteiger partial charge is 0.493 e. The molecule has 1 aliphatic heterocycles. The lowest BCUT2D eigenvalue weighted by atomic mass is 9.96. The minimum Gasteiger partial charge on any atom is -0.493 e. The van der Waals surface area contributed by atoms with E-state index in [1.807, 2.05) is 12.1 Å². The molecular formula is C15H21NO3. The minimum absolute atomic E-state index is 0.0541. The number of ether oxygens (including phenoxy) is 1. The summed E-state index contributed by atoms with van der Waals surface area (Å²) in [5, 5.41) is 9.66. The zero-order valence-corrected chi connectivity index (χ0v) is 11.7. The van der Waals surface area contributed by atoms with Crippen LogP contribution in [-0.2, 0) is 0 Å². The highest BCUT2D eigenvalue weighted by molar-refractivity contribution is 5.95. The van der Waals surface area contributed by atoms with E-state index in [1.54, 1.807) is 24.0 Å². The predicted molar refractivity (Wildman–Crippen MR) is 73.3 cm³/mol. The highest BCUT2D eigenvalue weighted by Gasteiger charge is 2.39. The zero-order valence-electron chi connectivity index (χ0n) is 11.7. The fraction of sp³-hybridized carbons (Fsp3) is 0.533. The molecule has 0 aromatic heterocycles. The van der Waals surface area contributed by atoms with Gasteiger partial charge in [0.25, 0.3) is 5.91 Å². The van der Waals surface area contributed by atoms with Crippen molar-refractivity contribution in [3.63, 3.8) is 0 Å². The molecule has 1 aromatic rings. The van der Waals surface area contributed by atoms with Crippen molar-refractivity contribution < 1.29 is 14.6 Å². The zero-order chi connectivity index (χ0) is 14.0. The Morgan fingerprint density at radius 1 is 1.47 bits per heavy atom. The van der Waals surface area contributed by atoms with Crippen LogP contribution in [0.2, 0.25) is 0 Å². The summed E-state index contributed by atoms with van der Waals surface area (Å²) < 4.78 is 5.61. The molecule has 0 unspecified atom stereocenters. The molecule has 104 valence electrons. The molecule has 1 heterocycles. The highest BCUT2D eigenvalue weighted by atomic mass is 16.5. The van der Waals surface area contributed by atoms with E-state index >= 15 is 0 Å². The predicted octanol–water partition coefficient (Wildman–Crippen LogP) is 1.93. The minimum atomic E-state index is -0.735. The van der Waals surface area contributed by atoms with Crippen LogP contribution in [0.3, 0.4) is 0 Å². The van der Waals surface area contributed by atoms with Crippen molar-refractivity contribution in [2.45, 2.75) is 26.4 Å². The van der Waals surface area contributed by atoms with Crippen molar-refractivity contribution in [3.05, 3.63) is 29.8 Å². The smallest absolute Gasteiger partial charge is 0.254 e. The molecule has 0 bridgehead atoms. The number of aliphatic hydroxyl groups is 1. The Morgan fingerprint density at radius 3 is 2.74 bits per heavy atom. The molecule has 0 radical (unpaired) electrons. The Hall–Kier alpha value is -1.55. The summed E-state index contributed by atoms with van der Waals surface area (Å²) in [6.07, 6.45) is 0. The summed E-state index contributed by atoms with van der Waals surface area (Å²) in [4.78, 5) is 13.8. The van der Waals surface area contributed by atoms with Crippen LogP contribution in [0.1, 0.15) is 31.1 Å². The Morgan fingerprint density at radius 2 is 2.16 bits per heavy atom. The van der Waals surface area contributed by atoms with E-state index in [1.165, 1.54) is 0 Å². The number of nitrogens with zero attached hydrogens (tertiary/aromatic N) is 1. The molecule has 4 heteroatoms. The molecule has 1 saturated heterocycles. The first-order valence-electron chi connectivity index (χ1n) is 6.62. The van der Waals surface area contributed by atoms with E-state index in [9.17, 15) is 9.90 Å². The van der Waals surface area contributed by atoms with E-state index in [-0.39, 0.29) is 5.91 Å². The van der Waals surface area contributed by atoms with Gasteiger partial charge in [0, 0.05) is 5.56 Å². The average molecular weight is 263 g/mol. The van der Waals surface area contributed by atoms with Gasteiger partial charge in [0.1, 0.15) is 5.75 Å². The number of carbonyl (C=O) groups excluding carboxylic acids is 1. The second-order valence-corrected chi connectivity index (χ2v) is 5.89. The van der Waals surface area contributed by atoms with E-state index in [2.05, 4.69) is 13.8 Å². The van der Waals surface area contributed by atoms with Crippen LogP contribution in [0.4, 0.5) is 0 Å². The van der Waals surface area contributed by atoms with Crippen LogP contribution in [0, 0.1) is 5.92 Å². The average Bonchev–Trinajstić information content (AvgIpc) is 2.33. The molecule has 1 aromatic carbocycles. The van der Waals surface area contributed by atoms with Crippen LogP contribution in [0.25, 0.3) is 0 Å². The third kappa shape index (κ3) is 3.47. The van der Waals surface area contributed by atoms with Gasteiger partial charge < -0.3 is 14.7 Å². The third-order valence-electron chi connectivity index (χ3n) is 3.01. The van der Waals surface area contributed by atoms with Gasteiger partial charge >= 0.3 is 0 Å². The monoisotopic (exact) mass is 263 g/mol. The SMILES string of the molecule is CC(C)COc1cccc(C(=O)N2CC(C)(O)C2)c1. The number of carbonyl (C=O) groups is 1. The molecule has 0 atom stereocenters. The molecule has 0 aliphatic carbocycles. The van der Waals surface area contributed by atoms with Gasteiger partial charge in [-0.3, -0.25) is 4.79 Å². The summed E-state index contributed by atoms with van der Waals surface area (Å²) in [6, 6.07) is 7.21. The van der Waals surface area contributed by atoms with Gasteiger partial charge in [-0.2, -0.15) is 0 Å². The molecule has 1 N–H and O–H groups in total. The van der Waals surface area contributed by atoms with E-state index in [0.29, 0.717) is 36.9 Å². The van der Waals surface area contributed by atoms with Crippen molar-refractivity contribution in [3.8, 4) is 5.75 Å². The second kappa shape index (κ2) is 5.21. The Balaban J connectivity index is 2.00. The van der Waals surface area contributed by atoms with E-state index in [0.717, 1.165) is 0 Å². The van der Waals surface area contributed by atoms with Gasteiger partial charge in [-0.15, -0.1) is 0 Å². The number of amides is 1. The number of rotatable bonds is 4.